The lowest BCUT2D eigenvalue weighted by Gasteiger charge is -2.13. The Kier molecular flexibility index (Phi) is 7.55. The highest BCUT2D eigenvalue weighted by atomic mass is 35.5. The first-order valence-electron chi connectivity index (χ1n) is 9.95. The molecule has 2 heterocycles. The standard InChI is InChI=1S/C24H21ClN2O2.C2H2/c1-17-12-22(29-16-21-14-26-11-10-23(21)25)13-24(28)27(17)15-20-8-6-19(7-9-20)5-4-18-2-3-18;1-2/h6-14,18H,2-3,15-16H2,1H3;1-2H. The van der Waals surface area contributed by atoms with Gasteiger partial charge < -0.3 is 9.30 Å². The Hall–Kier alpha value is -3.47. The van der Waals surface area contributed by atoms with Crippen molar-refractivity contribution in [3.8, 4) is 30.4 Å². The number of hydrogen-bond donors (Lipinski definition) is 0. The van der Waals surface area contributed by atoms with Crippen molar-refractivity contribution in [2.75, 3.05) is 0 Å². The van der Waals surface area contributed by atoms with Crippen LogP contribution in [-0.4, -0.2) is 9.55 Å². The monoisotopic (exact) mass is 430 g/mol. The predicted octanol–water partition coefficient (Wildman–Crippen LogP) is 4.84. The molecule has 0 aliphatic heterocycles. The van der Waals surface area contributed by atoms with Gasteiger partial charge in [0.05, 0.1) is 11.6 Å². The molecular formula is C26H23ClN2O2. The molecule has 0 N–H and O–H groups in total. The number of aromatic nitrogens is 2. The molecule has 3 aromatic rings. The zero-order chi connectivity index (χ0) is 22.2. The minimum absolute atomic E-state index is 0.102. The maximum Gasteiger partial charge on any atom is 0.254 e. The molecule has 4 nitrogen and oxygen atoms in total. The molecular weight excluding hydrogens is 408 g/mol. The first-order chi connectivity index (χ1) is 15.1. The number of pyridine rings is 2. The molecule has 4 rings (SSSR count). The van der Waals surface area contributed by atoms with Gasteiger partial charge in [-0.05, 0) is 49.6 Å². The van der Waals surface area contributed by atoms with Crippen LogP contribution in [0.3, 0.4) is 0 Å². The summed E-state index contributed by atoms with van der Waals surface area (Å²) in [4.78, 5) is 16.7. The Morgan fingerprint density at radius 3 is 2.58 bits per heavy atom. The zero-order valence-electron chi connectivity index (χ0n) is 17.3. The molecule has 1 fully saturated rings. The minimum Gasteiger partial charge on any atom is -0.489 e. The quantitative estimate of drug-likeness (QED) is 0.544. The largest absolute Gasteiger partial charge is 0.489 e. The SMILES string of the molecule is C#C.Cc1cc(OCc2cnccc2Cl)cc(=O)n1Cc1ccc(C#CC2CC2)cc1. The van der Waals surface area contributed by atoms with Crippen LogP contribution in [0.5, 0.6) is 5.75 Å². The molecule has 1 aliphatic carbocycles. The van der Waals surface area contributed by atoms with Gasteiger partial charge in [0, 0.05) is 41.2 Å². The molecule has 1 aromatic carbocycles. The Labute approximate surface area is 187 Å². The topological polar surface area (TPSA) is 44.1 Å². The summed E-state index contributed by atoms with van der Waals surface area (Å²) >= 11 is 6.12. The lowest BCUT2D eigenvalue weighted by atomic mass is 10.1. The summed E-state index contributed by atoms with van der Waals surface area (Å²) in [6.45, 7) is 2.68. The van der Waals surface area contributed by atoms with Gasteiger partial charge in [-0.3, -0.25) is 9.78 Å². The van der Waals surface area contributed by atoms with Crippen molar-refractivity contribution in [1.82, 2.24) is 9.55 Å². The molecule has 0 unspecified atom stereocenters. The Morgan fingerprint density at radius 1 is 1.19 bits per heavy atom. The highest BCUT2D eigenvalue weighted by Crippen LogP contribution is 2.27. The predicted molar refractivity (Wildman–Crippen MR) is 124 cm³/mol. The van der Waals surface area contributed by atoms with Gasteiger partial charge in [0.25, 0.3) is 5.56 Å². The van der Waals surface area contributed by atoms with Crippen LogP contribution in [-0.2, 0) is 13.2 Å². The van der Waals surface area contributed by atoms with Gasteiger partial charge >= 0.3 is 0 Å². The summed E-state index contributed by atoms with van der Waals surface area (Å²) in [6.07, 6.45) is 13.7. The van der Waals surface area contributed by atoms with Gasteiger partial charge in [0.2, 0.25) is 0 Å². The van der Waals surface area contributed by atoms with Crippen molar-refractivity contribution in [2.24, 2.45) is 5.92 Å². The molecule has 0 bridgehead atoms. The van der Waals surface area contributed by atoms with Gasteiger partial charge in [-0.2, -0.15) is 0 Å². The highest BCUT2D eigenvalue weighted by Gasteiger charge is 2.17. The van der Waals surface area contributed by atoms with Crippen LogP contribution in [0.4, 0.5) is 0 Å². The molecule has 1 aliphatic rings. The Bertz CT molecular complexity index is 1180. The van der Waals surface area contributed by atoms with Crippen LogP contribution in [0.25, 0.3) is 0 Å². The molecule has 0 radical (unpaired) electrons. The highest BCUT2D eigenvalue weighted by molar-refractivity contribution is 6.31. The van der Waals surface area contributed by atoms with Crippen LogP contribution in [0.15, 0.2) is 59.7 Å². The number of aryl methyl sites for hydroxylation is 1. The van der Waals surface area contributed by atoms with Gasteiger partial charge in [-0.25, -0.2) is 0 Å². The number of benzene rings is 1. The van der Waals surface area contributed by atoms with E-state index in [-0.39, 0.29) is 12.2 Å². The third-order valence-electron chi connectivity index (χ3n) is 4.84. The molecule has 0 spiro atoms. The van der Waals surface area contributed by atoms with Gasteiger partial charge in [-0.1, -0.05) is 35.6 Å². The van der Waals surface area contributed by atoms with E-state index in [0.717, 1.165) is 22.4 Å². The smallest absolute Gasteiger partial charge is 0.254 e. The number of halogens is 1. The average molecular weight is 431 g/mol. The van der Waals surface area contributed by atoms with E-state index in [1.165, 1.54) is 18.9 Å². The van der Waals surface area contributed by atoms with Crippen molar-refractivity contribution in [3.05, 3.63) is 92.6 Å². The molecule has 156 valence electrons. The second-order valence-electron chi connectivity index (χ2n) is 7.25. The van der Waals surface area contributed by atoms with E-state index in [9.17, 15) is 4.79 Å². The van der Waals surface area contributed by atoms with Crippen molar-refractivity contribution in [1.29, 1.82) is 0 Å². The van der Waals surface area contributed by atoms with Crippen LogP contribution < -0.4 is 10.3 Å². The molecule has 0 atom stereocenters. The van der Waals surface area contributed by atoms with E-state index in [1.807, 2.05) is 37.3 Å². The van der Waals surface area contributed by atoms with Gasteiger partial charge in [0.15, 0.2) is 0 Å². The van der Waals surface area contributed by atoms with Crippen LogP contribution >= 0.6 is 11.6 Å². The lowest BCUT2D eigenvalue weighted by molar-refractivity contribution is 0.304. The van der Waals surface area contributed by atoms with Gasteiger partial charge in [0.1, 0.15) is 12.4 Å². The normalized spacial score (nSPS) is 12.1. The number of rotatable bonds is 5. The fraction of sp³-hybridized carbons (Fsp3) is 0.231. The zero-order valence-corrected chi connectivity index (χ0v) is 18.1. The molecule has 0 amide bonds. The second-order valence-corrected chi connectivity index (χ2v) is 7.66. The minimum atomic E-state index is -0.102. The molecule has 2 aromatic heterocycles. The van der Waals surface area contributed by atoms with Crippen molar-refractivity contribution in [2.45, 2.75) is 32.9 Å². The van der Waals surface area contributed by atoms with Gasteiger partial charge in [-0.15, -0.1) is 12.8 Å². The maximum absolute atomic E-state index is 12.6. The van der Waals surface area contributed by atoms with Crippen LogP contribution in [0, 0.1) is 37.5 Å². The van der Waals surface area contributed by atoms with Crippen molar-refractivity contribution < 1.29 is 4.74 Å². The first kappa shape index (κ1) is 22.2. The molecule has 0 saturated heterocycles. The maximum atomic E-state index is 12.6. The van der Waals surface area contributed by atoms with E-state index < -0.39 is 0 Å². The van der Waals surface area contributed by atoms with E-state index in [1.54, 1.807) is 23.0 Å². The third-order valence-corrected chi connectivity index (χ3v) is 5.21. The fourth-order valence-corrected chi connectivity index (χ4v) is 3.11. The molecule has 31 heavy (non-hydrogen) atoms. The first-order valence-corrected chi connectivity index (χ1v) is 10.3. The van der Waals surface area contributed by atoms with Crippen molar-refractivity contribution in [3.63, 3.8) is 0 Å². The fourth-order valence-electron chi connectivity index (χ4n) is 2.95. The Morgan fingerprint density at radius 2 is 1.94 bits per heavy atom. The molecule has 1 saturated carbocycles. The van der Waals surface area contributed by atoms with Crippen LogP contribution in [0.2, 0.25) is 5.02 Å². The average Bonchev–Trinajstić information content (AvgIpc) is 3.61. The van der Waals surface area contributed by atoms with E-state index in [2.05, 4.69) is 29.7 Å². The van der Waals surface area contributed by atoms with E-state index >= 15 is 0 Å². The van der Waals surface area contributed by atoms with Crippen molar-refractivity contribution >= 4 is 11.6 Å². The molecule has 5 heteroatoms. The van der Waals surface area contributed by atoms with E-state index in [0.29, 0.717) is 23.2 Å². The lowest BCUT2D eigenvalue weighted by Crippen LogP contribution is -2.22. The summed E-state index contributed by atoms with van der Waals surface area (Å²) < 4.78 is 7.48. The number of hydrogen-bond acceptors (Lipinski definition) is 3. The summed E-state index contributed by atoms with van der Waals surface area (Å²) in [6, 6.07) is 13.2. The Balaban J connectivity index is 0.00000132. The number of terminal acetylenes is 1. The van der Waals surface area contributed by atoms with E-state index in [4.69, 9.17) is 16.3 Å². The van der Waals surface area contributed by atoms with Crippen LogP contribution in [0.1, 0.15) is 35.2 Å². The third kappa shape index (κ3) is 6.25. The summed E-state index contributed by atoms with van der Waals surface area (Å²) in [5.41, 5.74) is 3.59. The number of ether oxygens (including phenoxy) is 1. The second kappa shape index (κ2) is 10.5. The summed E-state index contributed by atoms with van der Waals surface area (Å²) in [5, 5.41) is 0.593. The summed E-state index contributed by atoms with van der Waals surface area (Å²) in [5.74, 6) is 7.58. The summed E-state index contributed by atoms with van der Waals surface area (Å²) in [7, 11) is 0. The number of nitrogens with zero attached hydrogens (tertiary/aromatic N) is 2.